The summed E-state index contributed by atoms with van der Waals surface area (Å²) in [4.78, 5) is 8.49. The second-order valence-corrected chi connectivity index (χ2v) is 5.57. The van der Waals surface area contributed by atoms with Crippen LogP contribution in [-0.2, 0) is 0 Å². The first kappa shape index (κ1) is 12.2. The number of hydrogen-bond acceptors (Lipinski definition) is 3. The molecule has 2 aromatic heterocycles. The van der Waals surface area contributed by atoms with Gasteiger partial charge in [-0.3, -0.25) is 0 Å². The Labute approximate surface area is 113 Å². The number of aromatic nitrogens is 3. The van der Waals surface area contributed by atoms with E-state index in [2.05, 4.69) is 21.5 Å². The molecule has 0 atom stereocenters. The van der Waals surface area contributed by atoms with E-state index in [0.29, 0.717) is 11.9 Å². The molecule has 4 heteroatoms. The summed E-state index contributed by atoms with van der Waals surface area (Å²) in [5, 5.41) is 0. The van der Waals surface area contributed by atoms with Crippen molar-refractivity contribution < 1.29 is 0 Å². The largest absolute Gasteiger partial charge is 0.384 e. The van der Waals surface area contributed by atoms with Crippen molar-refractivity contribution in [2.45, 2.75) is 38.6 Å². The summed E-state index contributed by atoms with van der Waals surface area (Å²) in [6.45, 7) is 2.34. The van der Waals surface area contributed by atoms with Crippen LogP contribution in [0.2, 0.25) is 0 Å². The van der Waals surface area contributed by atoms with Crippen LogP contribution >= 0.6 is 0 Å². The number of pyridine rings is 1. The van der Waals surface area contributed by atoms with Crippen molar-refractivity contribution in [2.24, 2.45) is 5.92 Å². The molecule has 2 heterocycles. The van der Waals surface area contributed by atoms with Gasteiger partial charge in [-0.25, -0.2) is 9.97 Å². The van der Waals surface area contributed by atoms with Gasteiger partial charge in [-0.15, -0.1) is 0 Å². The van der Waals surface area contributed by atoms with Crippen LogP contribution in [0.5, 0.6) is 0 Å². The van der Waals surface area contributed by atoms with Gasteiger partial charge in [-0.05, 0) is 43.7 Å². The number of rotatable bonds is 2. The van der Waals surface area contributed by atoms with E-state index in [1.54, 1.807) is 0 Å². The molecule has 0 unspecified atom stereocenters. The lowest BCUT2D eigenvalue weighted by molar-refractivity contribution is 0.291. The lowest BCUT2D eigenvalue weighted by Crippen LogP contribution is -2.16. The Balaban J connectivity index is 1.88. The normalized spacial score (nSPS) is 23.4. The smallest absolute Gasteiger partial charge is 0.123 e. The van der Waals surface area contributed by atoms with Gasteiger partial charge in [-0.2, -0.15) is 0 Å². The SMILES string of the molecule is CC1CCC(n2cncc2-c2ccc(N)nc2)CC1. The number of imidazole rings is 1. The zero-order valence-corrected chi connectivity index (χ0v) is 11.3. The van der Waals surface area contributed by atoms with E-state index < -0.39 is 0 Å². The van der Waals surface area contributed by atoms with Gasteiger partial charge in [0.15, 0.2) is 0 Å². The Hall–Kier alpha value is -1.84. The number of hydrogen-bond donors (Lipinski definition) is 1. The summed E-state index contributed by atoms with van der Waals surface area (Å²) in [6, 6.07) is 4.43. The zero-order valence-electron chi connectivity index (χ0n) is 11.3. The maximum absolute atomic E-state index is 5.64. The summed E-state index contributed by atoms with van der Waals surface area (Å²) in [5.41, 5.74) is 7.88. The van der Waals surface area contributed by atoms with Crippen LogP contribution in [0.25, 0.3) is 11.3 Å². The average molecular weight is 256 g/mol. The molecule has 0 bridgehead atoms. The minimum atomic E-state index is 0.557. The Morgan fingerprint density at radius 2 is 1.95 bits per heavy atom. The van der Waals surface area contributed by atoms with Gasteiger partial charge in [0, 0.05) is 17.8 Å². The molecule has 0 radical (unpaired) electrons. The van der Waals surface area contributed by atoms with E-state index in [-0.39, 0.29) is 0 Å². The molecule has 0 spiro atoms. The molecule has 0 aliphatic heterocycles. The predicted octanol–water partition coefficient (Wildman–Crippen LogP) is 3.28. The van der Waals surface area contributed by atoms with E-state index in [1.807, 2.05) is 30.9 Å². The average Bonchev–Trinajstić information content (AvgIpc) is 2.90. The van der Waals surface area contributed by atoms with Crippen molar-refractivity contribution in [1.29, 1.82) is 0 Å². The van der Waals surface area contributed by atoms with Crippen LogP contribution in [-0.4, -0.2) is 14.5 Å². The Morgan fingerprint density at radius 3 is 2.63 bits per heavy atom. The fourth-order valence-electron chi connectivity index (χ4n) is 2.90. The topological polar surface area (TPSA) is 56.7 Å². The second kappa shape index (κ2) is 5.03. The van der Waals surface area contributed by atoms with Gasteiger partial charge in [0.05, 0.1) is 18.2 Å². The summed E-state index contributed by atoms with van der Waals surface area (Å²) in [5.74, 6) is 1.42. The molecular weight excluding hydrogens is 236 g/mol. The van der Waals surface area contributed by atoms with Crippen LogP contribution in [0, 0.1) is 5.92 Å². The monoisotopic (exact) mass is 256 g/mol. The number of anilines is 1. The van der Waals surface area contributed by atoms with Gasteiger partial charge in [-0.1, -0.05) is 6.92 Å². The van der Waals surface area contributed by atoms with E-state index in [0.717, 1.165) is 17.2 Å². The first-order chi connectivity index (χ1) is 9.24. The van der Waals surface area contributed by atoms with Gasteiger partial charge in [0.25, 0.3) is 0 Å². The highest BCUT2D eigenvalue weighted by Gasteiger charge is 2.21. The van der Waals surface area contributed by atoms with Gasteiger partial charge in [0.2, 0.25) is 0 Å². The summed E-state index contributed by atoms with van der Waals surface area (Å²) in [6.07, 6.45) is 10.8. The Morgan fingerprint density at radius 1 is 1.16 bits per heavy atom. The number of nitrogens with zero attached hydrogens (tertiary/aromatic N) is 3. The first-order valence-corrected chi connectivity index (χ1v) is 6.98. The van der Waals surface area contributed by atoms with E-state index in [4.69, 9.17) is 5.73 Å². The zero-order chi connectivity index (χ0) is 13.2. The molecule has 4 nitrogen and oxygen atoms in total. The first-order valence-electron chi connectivity index (χ1n) is 6.98. The molecule has 1 aliphatic rings. The van der Waals surface area contributed by atoms with Crippen molar-refractivity contribution in [3.8, 4) is 11.3 Å². The molecule has 1 saturated carbocycles. The highest BCUT2D eigenvalue weighted by molar-refractivity contribution is 5.59. The van der Waals surface area contributed by atoms with Crippen molar-refractivity contribution in [3.05, 3.63) is 30.9 Å². The van der Waals surface area contributed by atoms with Crippen molar-refractivity contribution in [2.75, 3.05) is 5.73 Å². The number of nitrogen functional groups attached to an aromatic ring is 1. The molecule has 1 fully saturated rings. The molecule has 0 amide bonds. The summed E-state index contributed by atoms with van der Waals surface area (Å²) >= 11 is 0. The van der Waals surface area contributed by atoms with Crippen molar-refractivity contribution in [3.63, 3.8) is 0 Å². The quantitative estimate of drug-likeness (QED) is 0.897. The third-order valence-electron chi connectivity index (χ3n) is 4.13. The lowest BCUT2D eigenvalue weighted by atomic mass is 9.87. The fourth-order valence-corrected chi connectivity index (χ4v) is 2.90. The molecule has 2 aromatic rings. The van der Waals surface area contributed by atoms with Crippen LogP contribution < -0.4 is 5.73 Å². The standard InChI is InChI=1S/C15H20N4/c1-11-2-5-13(6-3-11)19-10-17-9-14(19)12-4-7-15(16)18-8-12/h4,7-11,13H,2-3,5-6H2,1H3,(H2,16,18). The van der Waals surface area contributed by atoms with Crippen LogP contribution in [0.3, 0.4) is 0 Å². The third kappa shape index (κ3) is 2.48. The maximum Gasteiger partial charge on any atom is 0.123 e. The lowest BCUT2D eigenvalue weighted by Gasteiger charge is -2.28. The number of nitrogens with two attached hydrogens (primary N) is 1. The second-order valence-electron chi connectivity index (χ2n) is 5.57. The Kier molecular flexibility index (Phi) is 3.23. The molecule has 19 heavy (non-hydrogen) atoms. The molecule has 1 aliphatic carbocycles. The van der Waals surface area contributed by atoms with E-state index in [1.165, 1.54) is 25.7 Å². The highest BCUT2D eigenvalue weighted by Crippen LogP contribution is 2.34. The maximum atomic E-state index is 5.64. The van der Waals surface area contributed by atoms with Crippen LogP contribution in [0.15, 0.2) is 30.9 Å². The minimum Gasteiger partial charge on any atom is -0.384 e. The summed E-state index contributed by atoms with van der Waals surface area (Å²) in [7, 11) is 0. The van der Waals surface area contributed by atoms with E-state index >= 15 is 0 Å². The molecule has 2 N–H and O–H groups in total. The molecule has 3 rings (SSSR count). The molecule has 0 saturated heterocycles. The van der Waals surface area contributed by atoms with Gasteiger partial charge in [0.1, 0.15) is 5.82 Å². The minimum absolute atomic E-state index is 0.557. The predicted molar refractivity (Wildman–Crippen MR) is 76.5 cm³/mol. The molecular formula is C15H20N4. The molecule has 100 valence electrons. The summed E-state index contributed by atoms with van der Waals surface area (Å²) < 4.78 is 2.30. The Bertz CT molecular complexity index is 536. The highest BCUT2D eigenvalue weighted by atomic mass is 15.1. The van der Waals surface area contributed by atoms with Crippen LogP contribution in [0.4, 0.5) is 5.82 Å². The van der Waals surface area contributed by atoms with Gasteiger partial charge >= 0.3 is 0 Å². The third-order valence-corrected chi connectivity index (χ3v) is 4.13. The van der Waals surface area contributed by atoms with Crippen LogP contribution in [0.1, 0.15) is 38.6 Å². The van der Waals surface area contributed by atoms with Crippen molar-refractivity contribution >= 4 is 5.82 Å². The molecule has 0 aromatic carbocycles. The van der Waals surface area contributed by atoms with Gasteiger partial charge < -0.3 is 10.3 Å². The fraction of sp³-hybridized carbons (Fsp3) is 0.467. The van der Waals surface area contributed by atoms with Crippen molar-refractivity contribution in [1.82, 2.24) is 14.5 Å². The van der Waals surface area contributed by atoms with E-state index in [9.17, 15) is 0 Å².